The lowest BCUT2D eigenvalue weighted by molar-refractivity contribution is 0.583. The third-order valence-corrected chi connectivity index (χ3v) is 1.78. The van der Waals surface area contributed by atoms with Gasteiger partial charge in [-0.05, 0) is 12.1 Å². The van der Waals surface area contributed by atoms with Crippen molar-refractivity contribution in [2.45, 2.75) is 0 Å². The van der Waals surface area contributed by atoms with Crippen LogP contribution < -0.4 is 0 Å². The maximum absolute atomic E-state index is 12.8. The van der Waals surface area contributed by atoms with E-state index in [-0.39, 0.29) is 11.4 Å². The van der Waals surface area contributed by atoms with Crippen molar-refractivity contribution >= 4 is 23.2 Å². The highest BCUT2D eigenvalue weighted by atomic mass is 35.5. The molecule has 68 valence electrons. The minimum absolute atomic E-state index is 0.117. The maximum Gasteiger partial charge on any atom is 0.146 e. The zero-order valence-corrected chi connectivity index (χ0v) is 7.89. The summed E-state index contributed by atoms with van der Waals surface area (Å²) in [5.74, 6) is 3.44. The Morgan fingerprint density at radius 3 is 2.23 bits per heavy atom. The van der Waals surface area contributed by atoms with Crippen molar-refractivity contribution in [1.82, 2.24) is 0 Å². The van der Waals surface area contributed by atoms with Crippen molar-refractivity contribution in [2.24, 2.45) is 0 Å². The third kappa shape index (κ3) is 2.58. The molecule has 0 aliphatic carbocycles. The molecule has 1 aromatic rings. The summed E-state index contributed by atoms with van der Waals surface area (Å²) in [5.41, 5.74) is 0.222. The molecule has 0 unspecified atom stereocenters. The largest absolute Gasteiger partial charge is 0.205 e. The van der Waals surface area contributed by atoms with E-state index in [1.165, 1.54) is 0 Å². The topological polar surface area (TPSA) is 0 Å². The van der Waals surface area contributed by atoms with Crippen LogP contribution in [0.15, 0.2) is 12.1 Å². The third-order valence-electron chi connectivity index (χ3n) is 1.28. The van der Waals surface area contributed by atoms with E-state index in [0.717, 1.165) is 12.1 Å². The van der Waals surface area contributed by atoms with Crippen LogP contribution in [0.1, 0.15) is 5.56 Å². The molecule has 0 amide bonds. The summed E-state index contributed by atoms with van der Waals surface area (Å²) < 4.78 is 25.6. The molecule has 0 bridgehead atoms. The quantitative estimate of drug-likeness (QED) is 0.358. The standard InChI is InChI=1S/C9H4Cl2F2/c10-3-1-2-6-4-7(12)9(11)8(13)5-6/h4-5H,3H2. The molecule has 4 heteroatoms. The van der Waals surface area contributed by atoms with Gasteiger partial charge in [0.2, 0.25) is 0 Å². The molecule has 0 aliphatic rings. The van der Waals surface area contributed by atoms with Gasteiger partial charge in [-0.15, -0.1) is 11.6 Å². The summed E-state index contributed by atoms with van der Waals surface area (Å²) in [4.78, 5) is 0. The molecule has 0 fully saturated rings. The van der Waals surface area contributed by atoms with Gasteiger partial charge in [-0.2, -0.15) is 0 Å². The molecule has 0 atom stereocenters. The average molecular weight is 221 g/mol. The van der Waals surface area contributed by atoms with Crippen LogP contribution in [0.4, 0.5) is 8.78 Å². The number of rotatable bonds is 0. The van der Waals surface area contributed by atoms with E-state index in [1.807, 2.05) is 0 Å². The highest BCUT2D eigenvalue weighted by molar-refractivity contribution is 6.30. The number of halogens is 4. The minimum atomic E-state index is -0.819. The average Bonchev–Trinajstić information content (AvgIpc) is 2.10. The van der Waals surface area contributed by atoms with E-state index in [2.05, 4.69) is 11.8 Å². The Balaban J connectivity index is 3.13. The first-order valence-corrected chi connectivity index (χ1v) is 4.25. The van der Waals surface area contributed by atoms with E-state index < -0.39 is 16.7 Å². The first-order chi connectivity index (χ1) is 6.15. The molecule has 0 saturated heterocycles. The highest BCUT2D eigenvalue weighted by Crippen LogP contribution is 2.19. The Hall–Kier alpha value is -0.780. The normalized spacial score (nSPS) is 9.23. The zero-order chi connectivity index (χ0) is 9.84. The van der Waals surface area contributed by atoms with Crippen molar-refractivity contribution in [3.05, 3.63) is 34.4 Å². The van der Waals surface area contributed by atoms with Gasteiger partial charge in [0.05, 0.1) is 5.88 Å². The molecule has 0 N–H and O–H groups in total. The maximum atomic E-state index is 12.8. The Bertz CT molecular complexity index is 354. The summed E-state index contributed by atoms with van der Waals surface area (Å²) in [5, 5.41) is -0.517. The number of alkyl halides is 1. The van der Waals surface area contributed by atoms with Gasteiger partial charge in [-0.25, -0.2) is 8.78 Å². The molecule has 0 radical (unpaired) electrons. The summed E-state index contributed by atoms with van der Waals surface area (Å²) in [7, 11) is 0. The first-order valence-electron chi connectivity index (χ1n) is 3.34. The Kier molecular flexibility index (Phi) is 3.53. The van der Waals surface area contributed by atoms with Crippen molar-refractivity contribution in [1.29, 1.82) is 0 Å². The second-order valence-electron chi connectivity index (χ2n) is 2.19. The van der Waals surface area contributed by atoms with Crippen LogP contribution in [0, 0.1) is 23.5 Å². The first kappa shape index (κ1) is 10.3. The fourth-order valence-electron chi connectivity index (χ4n) is 0.763. The molecule has 0 aliphatic heterocycles. The smallest absolute Gasteiger partial charge is 0.146 e. The number of hydrogen-bond acceptors (Lipinski definition) is 0. The fraction of sp³-hybridized carbons (Fsp3) is 0.111. The zero-order valence-electron chi connectivity index (χ0n) is 6.37. The monoisotopic (exact) mass is 220 g/mol. The number of hydrogen-bond donors (Lipinski definition) is 0. The molecule has 1 aromatic carbocycles. The number of benzene rings is 1. The predicted octanol–water partition coefficient (Wildman–Crippen LogP) is 3.21. The summed E-state index contributed by atoms with van der Waals surface area (Å²) in [6.07, 6.45) is 0. The van der Waals surface area contributed by atoms with Gasteiger partial charge in [-0.1, -0.05) is 23.4 Å². The van der Waals surface area contributed by atoms with Gasteiger partial charge in [0.25, 0.3) is 0 Å². The molecular weight excluding hydrogens is 217 g/mol. The molecule has 0 nitrogen and oxygen atoms in total. The van der Waals surface area contributed by atoms with Crippen molar-refractivity contribution < 1.29 is 8.78 Å². The molecule has 0 saturated carbocycles. The summed E-state index contributed by atoms with van der Waals surface area (Å²) >= 11 is 10.5. The van der Waals surface area contributed by atoms with Crippen molar-refractivity contribution in [3.63, 3.8) is 0 Å². The second-order valence-corrected chi connectivity index (χ2v) is 2.83. The fourth-order valence-corrected chi connectivity index (χ4v) is 0.939. The Labute approximate surface area is 84.5 Å². The van der Waals surface area contributed by atoms with Gasteiger partial charge < -0.3 is 0 Å². The van der Waals surface area contributed by atoms with Gasteiger partial charge in [0.15, 0.2) is 0 Å². The lowest BCUT2D eigenvalue weighted by atomic mass is 10.2. The van der Waals surface area contributed by atoms with Gasteiger partial charge in [0, 0.05) is 5.56 Å². The Morgan fingerprint density at radius 1 is 1.23 bits per heavy atom. The lowest BCUT2D eigenvalue weighted by Gasteiger charge is -1.96. The van der Waals surface area contributed by atoms with Crippen LogP contribution in [0.3, 0.4) is 0 Å². The van der Waals surface area contributed by atoms with E-state index >= 15 is 0 Å². The van der Waals surface area contributed by atoms with Crippen molar-refractivity contribution in [2.75, 3.05) is 5.88 Å². The van der Waals surface area contributed by atoms with E-state index in [4.69, 9.17) is 23.2 Å². The molecule has 0 heterocycles. The van der Waals surface area contributed by atoms with Crippen LogP contribution in [0.2, 0.25) is 5.02 Å². The molecular formula is C9H4Cl2F2. The Morgan fingerprint density at radius 2 is 1.77 bits per heavy atom. The molecule has 0 spiro atoms. The second kappa shape index (κ2) is 4.45. The molecule has 13 heavy (non-hydrogen) atoms. The van der Waals surface area contributed by atoms with E-state index in [9.17, 15) is 8.78 Å². The van der Waals surface area contributed by atoms with Gasteiger partial charge in [0.1, 0.15) is 16.7 Å². The molecule has 0 aromatic heterocycles. The molecule has 1 rings (SSSR count). The van der Waals surface area contributed by atoms with E-state index in [1.54, 1.807) is 0 Å². The minimum Gasteiger partial charge on any atom is -0.205 e. The van der Waals surface area contributed by atoms with Crippen molar-refractivity contribution in [3.8, 4) is 11.8 Å². The van der Waals surface area contributed by atoms with Crippen LogP contribution in [0.25, 0.3) is 0 Å². The van der Waals surface area contributed by atoms with Crippen LogP contribution in [0.5, 0.6) is 0 Å². The predicted molar refractivity (Wildman–Crippen MR) is 49.0 cm³/mol. The van der Waals surface area contributed by atoms with Crippen LogP contribution >= 0.6 is 23.2 Å². The van der Waals surface area contributed by atoms with Crippen LogP contribution in [-0.2, 0) is 0 Å². The van der Waals surface area contributed by atoms with E-state index in [0.29, 0.717) is 0 Å². The van der Waals surface area contributed by atoms with Crippen LogP contribution in [-0.4, -0.2) is 5.88 Å². The van der Waals surface area contributed by atoms with Gasteiger partial charge in [-0.3, -0.25) is 0 Å². The lowest BCUT2D eigenvalue weighted by Crippen LogP contribution is -1.86. The highest BCUT2D eigenvalue weighted by Gasteiger charge is 2.06. The summed E-state index contributed by atoms with van der Waals surface area (Å²) in [6.45, 7) is 0. The summed E-state index contributed by atoms with van der Waals surface area (Å²) in [6, 6.07) is 2.12. The van der Waals surface area contributed by atoms with Gasteiger partial charge >= 0.3 is 0 Å². The SMILES string of the molecule is Fc1cc(C#CCCl)cc(F)c1Cl.